The fourth-order valence-corrected chi connectivity index (χ4v) is 4.13. The van der Waals surface area contributed by atoms with E-state index in [2.05, 4.69) is 33.8 Å². The quantitative estimate of drug-likeness (QED) is 0.608. The Morgan fingerprint density at radius 2 is 1.70 bits per heavy atom. The number of hydrogen-bond donors (Lipinski definition) is 0. The predicted molar refractivity (Wildman–Crippen MR) is 96.2 cm³/mol. The highest BCUT2D eigenvalue weighted by molar-refractivity contribution is 6.03. The van der Waals surface area contributed by atoms with Crippen LogP contribution >= 0.6 is 0 Å². The predicted octanol–water partition coefficient (Wildman–Crippen LogP) is 5.83. The molecule has 2 atom stereocenters. The zero-order valence-corrected chi connectivity index (χ0v) is 15.7. The second-order valence-corrected chi connectivity index (χ2v) is 8.68. The average Bonchev–Trinajstić information content (AvgIpc) is 2.47. The van der Waals surface area contributed by atoms with Crippen molar-refractivity contribution in [2.24, 2.45) is 16.7 Å². The van der Waals surface area contributed by atoms with Crippen LogP contribution in [-0.2, 0) is 9.53 Å². The first-order valence-electron chi connectivity index (χ1n) is 9.31. The molecule has 2 aliphatic carbocycles. The Morgan fingerprint density at radius 3 is 2.30 bits per heavy atom. The molecule has 0 heterocycles. The van der Waals surface area contributed by atoms with Crippen LogP contribution in [0, 0.1) is 16.7 Å². The molecule has 0 N–H and O–H groups in total. The lowest BCUT2D eigenvalue weighted by atomic mass is 9.65. The van der Waals surface area contributed by atoms with Crippen molar-refractivity contribution in [2.75, 3.05) is 7.11 Å². The third-order valence-corrected chi connectivity index (χ3v) is 5.63. The third kappa shape index (κ3) is 4.28. The SMILES string of the molecule is COC1=C[C@]2(C)CCCCCCCC[C@H](C(C)(C)C)C(=C1)C2=O. The van der Waals surface area contributed by atoms with Crippen molar-refractivity contribution >= 4 is 5.78 Å². The van der Waals surface area contributed by atoms with Gasteiger partial charge in [0.15, 0.2) is 5.78 Å². The Balaban J connectivity index is 2.43. The molecule has 0 aromatic heterocycles. The molecule has 0 aliphatic heterocycles. The summed E-state index contributed by atoms with van der Waals surface area (Å²) in [5.41, 5.74) is 0.709. The van der Waals surface area contributed by atoms with Gasteiger partial charge in [0.2, 0.25) is 0 Å². The fraction of sp³-hybridized carbons (Fsp3) is 0.762. The summed E-state index contributed by atoms with van der Waals surface area (Å²) in [6, 6.07) is 0. The van der Waals surface area contributed by atoms with Gasteiger partial charge in [0.1, 0.15) is 5.76 Å². The Bertz CT molecular complexity index is 492. The van der Waals surface area contributed by atoms with Crippen molar-refractivity contribution < 1.29 is 9.53 Å². The average molecular weight is 319 g/mol. The van der Waals surface area contributed by atoms with Crippen LogP contribution < -0.4 is 0 Å². The zero-order chi connectivity index (χ0) is 17.1. The molecule has 0 aromatic rings. The second-order valence-electron chi connectivity index (χ2n) is 8.68. The number of allylic oxidation sites excluding steroid dienone is 3. The van der Waals surface area contributed by atoms with E-state index in [-0.39, 0.29) is 5.41 Å². The summed E-state index contributed by atoms with van der Waals surface area (Å²) in [4.78, 5) is 13.3. The van der Waals surface area contributed by atoms with Gasteiger partial charge in [-0.2, -0.15) is 0 Å². The summed E-state index contributed by atoms with van der Waals surface area (Å²) in [5, 5.41) is 0. The second kappa shape index (κ2) is 7.23. The normalized spacial score (nSPS) is 30.7. The first-order valence-corrected chi connectivity index (χ1v) is 9.31. The minimum absolute atomic E-state index is 0.0999. The number of fused-ring (bicyclic) bond motifs is 2. The monoisotopic (exact) mass is 318 g/mol. The van der Waals surface area contributed by atoms with Gasteiger partial charge in [0.25, 0.3) is 0 Å². The van der Waals surface area contributed by atoms with Gasteiger partial charge in [-0.15, -0.1) is 0 Å². The molecular weight excluding hydrogens is 284 g/mol. The van der Waals surface area contributed by atoms with Gasteiger partial charge in [0.05, 0.1) is 12.5 Å². The van der Waals surface area contributed by atoms with E-state index in [1.807, 2.05) is 6.08 Å². The molecule has 2 rings (SSSR count). The molecule has 2 heteroatoms. The van der Waals surface area contributed by atoms with Crippen molar-refractivity contribution in [3.63, 3.8) is 0 Å². The van der Waals surface area contributed by atoms with Crippen LogP contribution in [0.2, 0.25) is 0 Å². The van der Waals surface area contributed by atoms with E-state index in [1.165, 1.54) is 32.1 Å². The molecule has 0 saturated heterocycles. The van der Waals surface area contributed by atoms with Gasteiger partial charge in [-0.3, -0.25) is 4.79 Å². The standard InChI is InChI=1S/C21H34O2/c1-20(2,3)18-12-10-8-6-7-9-11-13-21(4)15-16(23-5)14-17(18)19(21)22/h14-15,18H,6-13H2,1-5H3/t18-,21-/m0/s1. The molecule has 0 spiro atoms. The van der Waals surface area contributed by atoms with Crippen molar-refractivity contribution in [3.8, 4) is 0 Å². The van der Waals surface area contributed by atoms with Crippen LogP contribution in [-0.4, -0.2) is 12.9 Å². The molecule has 130 valence electrons. The van der Waals surface area contributed by atoms with E-state index in [0.717, 1.165) is 30.6 Å². The maximum atomic E-state index is 13.3. The summed E-state index contributed by atoms with van der Waals surface area (Å²) in [6.45, 7) is 8.90. The number of rotatable bonds is 1. The lowest BCUT2D eigenvalue weighted by molar-refractivity contribution is -0.123. The lowest BCUT2D eigenvalue weighted by Crippen LogP contribution is -2.36. The molecule has 0 radical (unpaired) electrons. The van der Waals surface area contributed by atoms with E-state index >= 15 is 0 Å². The number of methoxy groups -OCH3 is 1. The van der Waals surface area contributed by atoms with E-state index in [4.69, 9.17) is 4.74 Å². The highest BCUT2D eigenvalue weighted by Crippen LogP contribution is 2.44. The van der Waals surface area contributed by atoms with Gasteiger partial charge in [-0.05, 0) is 43.3 Å². The summed E-state index contributed by atoms with van der Waals surface area (Å²) in [6.07, 6.45) is 13.6. The van der Waals surface area contributed by atoms with Crippen molar-refractivity contribution in [1.29, 1.82) is 0 Å². The first-order chi connectivity index (χ1) is 10.8. The molecule has 23 heavy (non-hydrogen) atoms. The Labute approximate surface area is 142 Å². The number of carbonyl (C=O) groups excluding carboxylic acids is 1. The number of ketones is 1. The smallest absolute Gasteiger partial charge is 0.169 e. The molecule has 1 fully saturated rings. The Kier molecular flexibility index (Phi) is 5.75. The summed E-state index contributed by atoms with van der Waals surface area (Å²) >= 11 is 0. The molecule has 0 unspecified atom stereocenters. The molecule has 1 saturated carbocycles. The summed E-state index contributed by atoms with van der Waals surface area (Å²) in [7, 11) is 1.71. The van der Waals surface area contributed by atoms with Gasteiger partial charge in [0, 0.05) is 5.57 Å². The minimum atomic E-state index is -0.391. The molecule has 2 aliphatic rings. The van der Waals surface area contributed by atoms with Crippen molar-refractivity contribution in [1.82, 2.24) is 0 Å². The summed E-state index contributed by atoms with van der Waals surface area (Å²) < 4.78 is 5.56. The molecule has 2 nitrogen and oxygen atoms in total. The van der Waals surface area contributed by atoms with Crippen LogP contribution in [0.3, 0.4) is 0 Å². The third-order valence-electron chi connectivity index (χ3n) is 5.63. The Hall–Kier alpha value is -1.05. The van der Waals surface area contributed by atoms with Gasteiger partial charge in [-0.1, -0.05) is 59.3 Å². The lowest BCUT2D eigenvalue weighted by Gasteiger charge is -2.38. The maximum absolute atomic E-state index is 13.3. The number of Topliss-reactive ketones (excluding diaryl/α,β-unsaturated/α-hetero) is 1. The highest BCUT2D eigenvalue weighted by Gasteiger charge is 2.41. The highest BCUT2D eigenvalue weighted by atomic mass is 16.5. The van der Waals surface area contributed by atoms with E-state index in [1.54, 1.807) is 7.11 Å². The molecule has 0 aromatic carbocycles. The van der Waals surface area contributed by atoms with Crippen LogP contribution in [0.5, 0.6) is 0 Å². The van der Waals surface area contributed by atoms with Crippen LogP contribution in [0.4, 0.5) is 0 Å². The van der Waals surface area contributed by atoms with Gasteiger partial charge in [-0.25, -0.2) is 0 Å². The minimum Gasteiger partial charge on any atom is -0.497 e. The van der Waals surface area contributed by atoms with Crippen LogP contribution in [0.25, 0.3) is 0 Å². The van der Waals surface area contributed by atoms with Crippen LogP contribution in [0.15, 0.2) is 23.5 Å². The van der Waals surface area contributed by atoms with E-state index < -0.39 is 5.41 Å². The van der Waals surface area contributed by atoms with Crippen molar-refractivity contribution in [3.05, 3.63) is 23.5 Å². The molecular formula is C21H34O2. The van der Waals surface area contributed by atoms with Gasteiger partial charge < -0.3 is 4.74 Å². The number of ether oxygens (including phenoxy) is 1. The van der Waals surface area contributed by atoms with Crippen molar-refractivity contribution in [2.45, 2.75) is 79.1 Å². The molecule has 0 amide bonds. The number of carbonyl (C=O) groups is 1. The van der Waals surface area contributed by atoms with Gasteiger partial charge >= 0.3 is 0 Å². The van der Waals surface area contributed by atoms with E-state index in [0.29, 0.717) is 11.7 Å². The first kappa shape index (κ1) is 18.3. The number of hydrogen-bond acceptors (Lipinski definition) is 2. The zero-order valence-electron chi connectivity index (χ0n) is 15.7. The largest absolute Gasteiger partial charge is 0.497 e. The molecule has 2 bridgehead atoms. The maximum Gasteiger partial charge on any atom is 0.169 e. The topological polar surface area (TPSA) is 26.3 Å². The van der Waals surface area contributed by atoms with Crippen LogP contribution in [0.1, 0.15) is 79.1 Å². The fourth-order valence-electron chi connectivity index (χ4n) is 4.13. The Morgan fingerprint density at radius 1 is 1.09 bits per heavy atom. The van der Waals surface area contributed by atoms with E-state index in [9.17, 15) is 4.79 Å². The summed E-state index contributed by atoms with van der Waals surface area (Å²) in [5.74, 6) is 1.51.